The predicted octanol–water partition coefficient (Wildman–Crippen LogP) is 4.51. The van der Waals surface area contributed by atoms with E-state index in [9.17, 15) is 4.39 Å². The molecule has 21 heavy (non-hydrogen) atoms. The van der Waals surface area contributed by atoms with Gasteiger partial charge in [0.25, 0.3) is 0 Å². The summed E-state index contributed by atoms with van der Waals surface area (Å²) in [5, 5.41) is 0.356. The van der Waals surface area contributed by atoms with Gasteiger partial charge in [-0.2, -0.15) is 0 Å². The Morgan fingerprint density at radius 1 is 1.24 bits per heavy atom. The molecule has 0 radical (unpaired) electrons. The molecule has 1 heterocycles. The number of imidazole rings is 1. The quantitative estimate of drug-likeness (QED) is 0.887. The molecule has 112 valence electrons. The molecular weight excluding hydrogens is 289 g/mol. The first-order chi connectivity index (χ1) is 10.1. The highest BCUT2D eigenvalue weighted by atomic mass is 35.5. The Balaban J connectivity index is 2.03. The van der Waals surface area contributed by atoms with Crippen molar-refractivity contribution < 1.29 is 4.39 Å². The first kappa shape index (κ1) is 14.4. The van der Waals surface area contributed by atoms with Crippen molar-refractivity contribution in [3.8, 4) is 11.3 Å². The van der Waals surface area contributed by atoms with E-state index < -0.39 is 0 Å². The fourth-order valence-electron chi connectivity index (χ4n) is 3.16. The Bertz CT molecular complexity index is 640. The average Bonchev–Trinajstić information content (AvgIpc) is 2.75. The van der Waals surface area contributed by atoms with Crippen molar-refractivity contribution in [1.82, 2.24) is 9.55 Å². The molecule has 1 aromatic heterocycles. The van der Waals surface area contributed by atoms with Gasteiger partial charge in [-0.25, -0.2) is 9.37 Å². The Labute approximate surface area is 128 Å². The molecule has 0 amide bonds. The molecule has 1 saturated carbocycles. The van der Waals surface area contributed by atoms with E-state index in [0.29, 0.717) is 28.0 Å². The normalized spacial score (nSPS) is 16.3. The highest BCUT2D eigenvalue weighted by Crippen LogP contribution is 2.36. The third kappa shape index (κ3) is 2.77. The number of rotatable bonds is 2. The first-order valence-electron chi connectivity index (χ1n) is 7.35. The second-order valence-corrected chi connectivity index (χ2v) is 6.19. The molecule has 0 saturated heterocycles. The van der Waals surface area contributed by atoms with Crippen LogP contribution >= 0.6 is 11.6 Å². The summed E-state index contributed by atoms with van der Waals surface area (Å²) in [4.78, 5) is 4.70. The van der Waals surface area contributed by atoms with Crippen molar-refractivity contribution in [3.05, 3.63) is 34.9 Å². The summed E-state index contributed by atoms with van der Waals surface area (Å²) in [5.41, 5.74) is 7.44. The van der Waals surface area contributed by atoms with Crippen LogP contribution in [0.1, 0.15) is 43.8 Å². The molecule has 3 rings (SSSR count). The SMILES string of the molecule is Cn1c(C2CCCCC2)nc(-c2cc(F)cc(Cl)c2)c1N. The second-order valence-electron chi connectivity index (χ2n) is 5.76. The van der Waals surface area contributed by atoms with Crippen molar-refractivity contribution in [2.45, 2.75) is 38.0 Å². The lowest BCUT2D eigenvalue weighted by atomic mass is 9.89. The van der Waals surface area contributed by atoms with E-state index in [4.69, 9.17) is 22.3 Å². The van der Waals surface area contributed by atoms with Gasteiger partial charge in [-0.05, 0) is 31.0 Å². The second kappa shape index (κ2) is 5.68. The maximum atomic E-state index is 13.5. The summed E-state index contributed by atoms with van der Waals surface area (Å²) in [7, 11) is 1.93. The predicted molar refractivity (Wildman–Crippen MR) is 83.9 cm³/mol. The Hall–Kier alpha value is -1.55. The number of benzene rings is 1. The van der Waals surface area contributed by atoms with Crippen molar-refractivity contribution in [2.24, 2.45) is 7.05 Å². The molecule has 0 atom stereocenters. The summed E-state index contributed by atoms with van der Waals surface area (Å²) < 4.78 is 15.5. The van der Waals surface area contributed by atoms with Crippen LogP contribution in [0.15, 0.2) is 18.2 Å². The van der Waals surface area contributed by atoms with E-state index in [0.717, 1.165) is 18.7 Å². The molecule has 3 nitrogen and oxygen atoms in total. The van der Waals surface area contributed by atoms with Gasteiger partial charge in [0, 0.05) is 23.6 Å². The minimum Gasteiger partial charge on any atom is -0.383 e. The van der Waals surface area contributed by atoms with E-state index in [1.54, 1.807) is 6.07 Å². The first-order valence-corrected chi connectivity index (χ1v) is 7.72. The van der Waals surface area contributed by atoms with Crippen molar-refractivity contribution in [1.29, 1.82) is 0 Å². The van der Waals surface area contributed by atoms with Crippen LogP contribution in [0.5, 0.6) is 0 Å². The lowest BCUT2D eigenvalue weighted by Crippen LogP contribution is -2.11. The third-order valence-corrected chi connectivity index (χ3v) is 4.50. The molecular formula is C16H19ClFN3. The van der Waals surface area contributed by atoms with E-state index in [2.05, 4.69) is 0 Å². The Morgan fingerprint density at radius 2 is 1.95 bits per heavy atom. The molecule has 2 N–H and O–H groups in total. The van der Waals surface area contributed by atoms with Crippen LogP contribution in [0.25, 0.3) is 11.3 Å². The number of halogens is 2. The van der Waals surface area contributed by atoms with E-state index in [1.165, 1.54) is 31.4 Å². The Kier molecular flexibility index (Phi) is 3.89. The Morgan fingerprint density at radius 3 is 2.62 bits per heavy atom. The van der Waals surface area contributed by atoms with E-state index in [-0.39, 0.29) is 5.82 Å². The molecule has 0 spiro atoms. The maximum absolute atomic E-state index is 13.5. The number of anilines is 1. The fraction of sp³-hybridized carbons (Fsp3) is 0.438. The van der Waals surface area contributed by atoms with Crippen molar-refractivity contribution >= 4 is 17.4 Å². The number of aromatic nitrogens is 2. The summed E-state index contributed by atoms with van der Waals surface area (Å²) in [6.45, 7) is 0. The molecule has 5 heteroatoms. The summed E-state index contributed by atoms with van der Waals surface area (Å²) >= 11 is 5.93. The molecule has 0 aliphatic heterocycles. The molecule has 1 aliphatic carbocycles. The summed E-state index contributed by atoms with van der Waals surface area (Å²) in [6, 6.07) is 4.41. The topological polar surface area (TPSA) is 43.8 Å². The van der Waals surface area contributed by atoms with Crippen molar-refractivity contribution in [2.75, 3.05) is 5.73 Å². The zero-order valence-corrected chi connectivity index (χ0v) is 12.8. The molecule has 1 aliphatic rings. The highest BCUT2D eigenvalue weighted by Gasteiger charge is 2.23. The zero-order valence-electron chi connectivity index (χ0n) is 12.1. The maximum Gasteiger partial charge on any atom is 0.131 e. The zero-order chi connectivity index (χ0) is 15.0. The van der Waals surface area contributed by atoms with Gasteiger partial charge in [0.05, 0.1) is 0 Å². The summed E-state index contributed by atoms with van der Waals surface area (Å²) in [6.07, 6.45) is 6.06. The van der Waals surface area contributed by atoms with Crippen LogP contribution in [0.4, 0.5) is 10.2 Å². The number of nitrogens with zero attached hydrogens (tertiary/aromatic N) is 2. The van der Waals surface area contributed by atoms with Crippen LogP contribution in [-0.4, -0.2) is 9.55 Å². The highest BCUT2D eigenvalue weighted by molar-refractivity contribution is 6.30. The molecule has 2 aromatic rings. The van der Waals surface area contributed by atoms with Crippen LogP contribution in [0, 0.1) is 5.82 Å². The summed E-state index contributed by atoms with van der Waals surface area (Å²) in [5.74, 6) is 1.64. The average molecular weight is 308 g/mol. The van der Waals surface area contributed by atoms with Gasteiger partial charge in [-0.15, -0.1) is 0 Å². The van der Waals surface area contributed by atoms with E-state index >= 15 is 0 Å². The van der Waals surface area contributed by atoms with E-state index in [1.807, 2.05) is 11.6 Å². The van der Waals surface area contributed by atoms with Crippen LogP contribution < -0.4 is 5.73 Å². The lowest BCUT2D eigenvalue weighted by molar-refractivity contribution is 0.422. The standard InChI is InChI=1S/C16H19ClFN3/c1-21-15(19)14(11-7-12(17)9-13(18)8-11)20-16(21)10-5-3-2-4-6-10/h7-10H,2-6,19H2,1H3. The van der Waals surface area contributed by atoms with Crippen molar-refractivity contribution in [3.63, 3.8) is 0 Å². The minimum atomic E-state index is -0.373. The lowest BCUT2D eigenvalue weighted by Gasteiger charge is -2.21. The minimum absolute atomic E-state index is 0.356. The van der Waals surface area contributed by atoms with Gasteiger partial charge in [0.15, 0.2) is 0 Å². The molecule has 1 aromatic carbocycles. The van der Waals surface area contributed by atoms with Gasteiger partial charge in [-0.3, -0.25) is 0 Å². The number of hydrogen-bond acceptors (Lipinski definition) is 2. The fourth-order valence-corrected chi connectivity index (χ4v) is 3.38. The van der Waals surface area contributed by atoms with Gasteiger partial charge in [-0.1, -0.05) is 30.9 Å². The van der Waals surface area contributed by atoms with Gasteiger partial charge in [0.1, 0.15) is 23.2 Å². The van der Waals surface area contributed by atoms with Crippen LogP contribution in [0.3, 0.4) is 0 Å². The monoisotopic (exact) mass is 307 g/mol. The molecule has 0 unspecified atom stereocenters. The van der Waals surface area contributed by atoms with Crippen LogP contribution in [0.2, 0.25) is 5.02 Å². The molecule has 1 fully saturated rings. The molecule has 0 bridgehead atoms. The van der Waals surface area contributed by atoms with Crippen LogP contribution in [-0.2, 0) is 7.05 Å². The van der Waals surface area contributed by atoms with Gasteiger partial charge in [0.2, 0.25) is 0 Å². The van der Waals surface area contributed by atoms with Gasteiger partial charge >= 0.3 is 0 Å². The smallest absolute Gasteiger partial charge is 0.131 e. The number of nitrogen functional groups attached to an aromatic ring is 1. The number of hydrogen-bond donors (Lipinski definition) is 1. The van der Waals surface area contributed by atoms with Gasteiger partial charge < -0.3 is 10.3 Å². The third-order valence-electron chi connectivity index (χ3n) is 4.28. The number of nitrogens with two attached hydrogens (primary N) is 1. The largest absolute Gasteiger partial charge is 0.383 e.